The zero-order valence-corrected chi connectivity index (χ0v) is 32.4. The molecule has 5 aliphatic carbocycles. The number of methoxy groups -OCH3 is 4. The monoisotopic (exact) mass is 756 g/mol. The maximum Gasteiger partial charge on any atom is 0.219 e. The average Bonchev–Trinajstić information content (AvgIpc) is 3.49. The van der Waals surface area contributed by atoms with E-state index >= 15 is 0 Å². The Morgan fingerprint density at radius 1 is 0.440 bits per heavy atom. The molecule has 12 heteroatoms. The van der Waals surface area contributed by atoms with Crippen molar-refractivity contribution in [2.24, 2.45) is 23.7 Å². The summed E-state index contributed by atoms with van der Waals surface area (Å²) in [7, 11) is 6.45. The molecule has 0 amide bonds. The first-order chi connectivity index (χ1) is 23.7. The Morgan fingerprint density at radius 3 is 0.820 bits per heavy atom. The smallest absolute Gasteiger partial charge is 0.219 e. The summed E-state index contributed by atoms with van der Waals surface area (Å²) in [6.07, 6.45) is 2.57. The Kier molecular flexibility index (Phi) is 7.06. The minimum Gasteiger partial charge on any atom is -0.349 e. The van der Waals surface area contributed by atoms with Crippen molar-refractivity contribution in [1.29, 1.82) is 0 Å². The lowest BCUT2D eigenvalue weighted by atomic mass is 9.65. The molecular weight excluding hydrogens is 718 g/mol. The lowest BCUT2D eigenvalue weighted by Crippen LogP contribution is -2.54. The van der Waals surface area contributed by atoms with E-state index in [0.29, 0.717) is 48.5 Å². The van der Waals surface area contributed by atoms with Gasteiger partial charge in [-0.05, 0) is 124 Å². The predicted molar refractivity (Wildman–Crippen MR) is 194 cm³/mol. The molecule has 2 aromatic heterocycles. The number of hydrogen-bond donors (Lipinski definition) is 0. The molecule has 264 valence electrons. The van der Waals surface area contributed by atoms with Crippen LogP contribution in [0.5, 0.6) is 0 Å². The van der Waals surface area contributed by atoms with Gasteiger partial charge in [-0.25, -0.2) is 19.9 Å². The van der Waals surface area contributed by atoms with Gasteiger partial charge in [0.1, 0.15) is 19.5 Å². The van der Waals surface area contributed by atoms with E-state index in [1.165, 1.54) is 0 Å². The molecule has 4 aromatic rings. The Bertz CT molecular complexity index is 1870. The first-order valence-electron chi connectivity index (χ1n) is 17.3. The fraction of sp³-hybridized carbons (Fsp3) is 0.579. The molecule has 8 nitrogen and oxygen atoms in total. The maximum absolute atomic E-state index is 8.01. The van der Waals surface area contributed by atoms with Crippen LogP contribution in [0.2, 0.25) is 0 Å². The molecule has 2 aromatic carbocycles. The van der Waals surface area contributed by atoms with E-state index in [9.17, 15) is 0 Å². The molecule has 3 fully saturated rings. The molecule has 5 aliphatic rings. The molecule has 0 saturated heterocycles. The summed E-state index contributed by atoms with van der Waals surface area (Å²) in [5, 5.41) is 0. The molecule has 0 radical (unpaired) electrons. The van der Waals surface area contributed by atoms with Crippen LogP contribution in [0, 0.1) is 51.4 Å². The van der Waals surface area contributed by atoms with Crippen LogP contribution < -0.4 is 0 Å². The lowest BCUT2D eigenvalue weighted by Gasteiger charge is -2.44. The van der Waals surface area contributed by atoms with E-state index in [-0.39, 0.29) is 23.7 Å². The van der Waals surface area contributed by atoms with Crippen LogP contribution in [0.3, 0.4) is 0 Å². The summed E-state index contributed by atoms with van der Waals surface area (Å²) < 4.78 is 25.5. The van der Waals surface area contributed by atoms with Gasteiger partial charge in [-0.15, -0.1) is 46.4 Å². The van der Waals surface area contributed by atoms with Crippen molar-refractivity contribution in [3.05, 3.63) is 69.3 Å². The molecular formula is C38H40Cl4N4O4. The van der Waals surface area contributed by atoms with Crippen LogP contribution in [-0.4, -0.2) is 59.9 Å². The van der Waals surface area contributed by atoms with E-state index in [2.05, 4.69) is 52.0 Å². The van der Waals surface area contributed by atoms with Crippen LogP contribution in [0.15, 0.2) is 24.3 Å². The zero-order chi connectivity index (χ0) is 35.6. The van der Waals surface area contributed by atoms with Gasteiger partial charge in [-0.2, -0.15) is 0 Å². The Labute approximate surface area is 311 Å². The summed E-state index contributed by atoms with van der Waals surface area (Å²) in [6.45, 7) is 8.28. The van der Waals surface area contributed by atoms with Crippen LogP contribution in [0.25, 0.3) is 22.1 Å². The molecule has 50 heavy (non-hydrogen) atoms. The SMILES string of the molecule is COC1(OC)[C@@]2(Cl)c3nc4cc(C)c(C)cc4nc3[C@]1(Cl)[C@@H]1CC[C@H]3[C@@H](CC[C@@H]12)[C@@]1(Cl)c2nc4cc(C)c(C)cc4nc2[C@]3(Cl)C1(OC)OC. The third-order valence-electron chi connectivity index (χ3n) is 13.6. The normalized spacial score (nSPS) is 37.0. The van der Waals surface area contributed by atoms with Crippen molar-refractivity contribution in [2.45, 2.75) is 84.4 Å². The molecule has 0 unspecified atom stereocenters. The number of hydrogen-bond acceptors (Lipinski definition) is 8. The van der Waals surface area contributed by atoms with Crippen LogP contribution in [-0.2, 0) is 38.4 Å². The summed E-state index contributed by atoms with van der Waals surface area (Å²) in [5.41, 5.74) is 10.0. The highest BCUT2D eigenvalue weighted by molar-refractivity contribution is 6.33. The lowest BCUT2D eigenvalue weighted by molar-refractivity contribution is -0.239. The number of halogens is 4. The van der Waals surface area contributed by atoms with E-state index in [4.69, 9.17) is 85.3 Å². The van der Waals surface area contributed by atoms with Crippen LogP contribution >= 0.6 is 46.4 Å². The summed E-state index contributed by atoms with van der Waals surface area (Å²) in [6, 6.07) is 8.22. The number of aryl methyl sites for hydroxylation is 4. The second-order valence-electron chi connectivity index (χ2n) is 15.2. The van der Waals surface area contributed by atoms with E-state index in [0.717, 1.165) is 44.3 Å². The Morgan fingerprint density at radius 2 is 0.640 bits per heavy atom. The van der Waals surface area contributed by atoms with Crippen molar-refractivity contribution in [3.63, 3.8) is 0 Å². The molecule has 2 heterocycles. The zero-order valence-electron chi connectivity index (χ0n) is 29.4. The molecule has 0 spiro atoms. The van der Waals surface area contributed by atoms with Crippen molar-refractivity contribution in [3.8, 4) is 0 Å². The molecule has 0 aliphatic heterocycles. The van der Waals surface area contributed by atoms with Crippen molar-refractivity contribution in [2.75, 3.05) is 28.4 Å². The number of nitrogens with zero attached hydrogens (tertiary/aromatic N) is 4. The largest absolute Gasteiger partial charge is 0.349 e. The highest BCUT2D eigenvalue weighted by atomic mass is 35.5. The van der Waals surface area contributed by atoms with Gasteiger partial charge in [0.05, 0.1) is 44.8 Å². The fourth-order valence-electron chi connectivity index (χ4n) is 11.3. The van der Waals surface area contributed by atoms with Crippen molar-refractivity contribution in [1.82, 2.24) is 19.9 Å². The van der Waals surface area contributed by atoms with E-state index in [1.54, 1.807) is 28.4 Å². The molecule has 9 rings (SSSR count). The Hall–Kier alpha value is -1.88. The van der Waals surface area contributed by atoms with Gasteiger partial charge in [0, 0.05) is 28.4 Å². The van der Waals surface area contributed by atoms with E-state index in [1.807, 2.05) is 0 Å². The van der Waals surface area contributed by atoms with Crippen LogP contribution in [0.1, 0.15) is 70.7 Å². The van der Waals surface area contributed by atoms with Gasteiger partial charge < -0.3 is 18.9 Å². The number of alkyl halides is 4. The topological polar surface area (TPSA) is 88.5 Å². The minimum absolute atomic E-state index is 0.189. The number of aromatic nitrogens is 4. The molecule has 4 bridgehead atoms. The first-order valence-corrected chi connectivity index (χ1v) is 18.8. The average molecular weight is 759 g/mol. The van der Waals surface area contributed by atoms with Gasteiger partial charge in [-0.3, -0.25) is 0 Å². The maximum atomic E-state index is 8.01. The van der Waals surface area contributed by atoms with Crippen LogP contribution in [0.4, 0.5) is 0 Å². The number of rotatable bonds is 4. The predicted octanol–water partition coefficient (Wildman–Crippen LogP) is 8.31. The standard InChI is InChI=1S/C38H40Cl4N4O4/c1-17-13-25-26(14-18(17)2)44-30-29(43-25)33(39)21-9-10-23-24(12-11-22(21)34(30,40)37(33,47-5)48-6)36(42)32-31(35(23,41)38(36,49-7)50-8)45-27-15-19(3)20(4)16-28(27)46-32/h13-16,21-24H,9-12H2,1-8H3/t21-,22+,23+,24-,33-,34+,35+,36-. The highest BCUT2D eigenvalue weighted by Crippen LogP contribution is 2.81. The molecule has 3 saturated carbocycles. The number of ether oxygens (including phenoxy) is 4. The van der Waals surface area contributed by atoms with Gasteiger partial charge in [-0.1, -0.05) is 0 Å². The number of fused-ring (bicyclic) bond motifs is 18. The summed E-state index contributed by atoms with van der Waals surface area (Å²) in [5.74, 6) is -3.62. The minimum atomic E-state index is -1.43. The highest BCUT2D eigenvalue weighted by Gasteiger charge is 2.88. The molecule has 8 atom stereocenters. The number of benzene rings is 2. The Balaban J connectivity index is 1.23. The van der Waals surface area contributed by atoms with Crippen molar-refractivity contribution < 1.29 is 18.9 Å². The quantitative estimate of drug-likeness (QED) is 0.152. The van der Waals surface area contributed by atoms with Gasteiger partial charge in [0.15, 0.2) is 0 Å². The second-order valence-corrected chi connectivity index (χ2v) is 17.6. The summed E-state index contributed by atoms with van der Waals surface area (Å²) in [4.78, 5) is 15.9. The fourth-order valence-corrected chi connectivity index (χ4v) is 14.1. The van der Waals surface area contributed by atoms with Gasteiger partial charge >= 0.3 is 0 Å². The molecule has 0 N–H and O–H groups in total. The van der Waals surface area contributed by atoms with Crippen molar-refractivity contribution >= 4 is 68.5 Å². The summed E-state index contributed by atoms with van der Waals surface area (Å²) >= 11 is 32.0. The van der Waals surface area contributed by atoms with Gasteiger partial charge in [0.2, 0.25) is 11.6 Å². The first kappa shape index (κ1) is 33.9. The van der Waals surface area contributed by atoms with E-state index < -0.39 is 31.1 Å². The third kappa shape index (κ3) is 3.32. The second kappa shape index (κ2) is 10.4. The van der Waals surface area contributed by atoms with Gasteiger partial charge in [0.25, 0.3) is 0 Å². The third-order valence-corrected chi connectivity index (χ3v) is 16.4.